The fourth-order valence-electron chi connectivity index (χ4n) is 1.28. The first kappa shape index (κ1) is 12.9. The monoisotopic (exact) mass is 240 g/mol. The third kappa shape index (κ3) is 3.45. The van der Waals surface area contributed by atoms with E-state index < -0.39 is 5.97 Å². The zero-order valence-corrected chi connectivity index (χ0v) is 10.5. The van der Waals surface area contributed by atoms with Gasteiger partial charge in [-0.3, -0.25) is 0 Å². The molecule has 0 radical (unpaired) electrons. The van der Waals surface area contributed by atoms with Crippen molar-refractivity contribution < 1.29 is 14.6 Å². The third-order valence-electron chi connectivity index (χ3n) is 2.10. The molecule has 88 valence electrons. The summed E-state index contributed by atoms with van der Waals surface area (Å²) in [6.07, 6.45) is 0. The minimum Gasteiger partial charge on any atom is -0.496 e. The van der Waals surface area contributed by atoms with Gasteiger partial charge in [-0.2, -0.15) is 11.8 Å². The summed E-state index contributed by atoms with van der Waals surface area (Å²) < 4.78 is 5.21. The standard InChI is InChI=1S/C12H16O3S/c1-8(2)16-7-10-6-9(12(13)14)4-5-11(10)15-3/h4-6,8H,7H2,1-3H3,(H,13,14). The number of aromatic carboxylic acids is 1. The van der Waals surface area contributed by atoms with Gasteiger partial charge in [0.1, 0.15) is 5.75 Å². The van der Waals surface area contributed by atoms with Crippen molar-refractivity contribution >= 4 is 17.7 Å². The predicted octanol–water partition coefficient (Wildman–Crippen LogP) is 3.04. The summed E-state index contributed by atoms with van der Waals surface area (Å²) in [4.78, 5) is 10.8. The number of methoxy groups -OCH3 is 1. The maximum Gasteiger partial charge on any atom is 0.335 e. The quantitative estimate of drug-likeness (QED) is 0.859. The van der Waals surface area contributed by atoms with Gasteiger partial charge in [0.25, 0.3) is 0 Å². The topological polar surface area (TPSA) is 46.5 Å². The number of thioether (sulfide) groups is 1. The van der Waals surface area contributed by atoms with Gasteiger partial charge >= 0.3 is 5.97 Å². The lowest BCUT2D eigenvalue weighted by atomic mass is 10.1. The first-order chi connectivity index (χ1) is 7.54. The van der Waals surface area contributed by atoms with Crippen LogP contribution >= 0.6 is 11.8 Å². The Labute approximate surface area is 99.8 Å². The van der Waals surface area contributed by atoms with Crippen molar-refractivity contribution in [1.29, 1.82) is 0 Å². The molecule has 0 aliphatic heterocycles. The Hall–Kier alpha value is -1.16. The van der Waals surface area contributed by atoms with E-state index >= 15 is 0 Å². The number of hydrogen-bond donors (Lipinski definition) is 1. The summed E-state index contributed by atoms with van der Waals surface area (Å²) in [5, 5.41) is 9.41. The van der Waals surface area contributed by atoms with E-state index in [4.69, 9.17) is 9.84 Å². The van der Waals surface area contributed by atoms with Crippen LogP contribution in [0.25, 0.3) is 0 Å². The van der Waals surface area contributed by atoms with Gasteiger partial charge < -0.3 is 9.84 Å². The highest BCUT2D eigenvalue weighted by atomic mass is 32.2. The molecule has 0 spiro atoms. The SMILES string of the molecule is COc1ccc(C(=O)O)cc1CSC(C)C. The summed E-state index contributed by atoms with van der Waals surface area (Å²) in [6, 6.07) is 4.95. The second-order valence-corrected chi connectivity index (χ2v) is 5.26. The van der Waals surface area contributed by atoms with Crippen molar-refractivity contribution in [1.82, 2.24) is 0 Å². The molecular weight excluding hydrogens is 224 g/mol. The number of rotatable bonds is 5. The molecule has 1 aromatic carbocycles. The molecule has 0 aromatic heterocycles. The second kappa shape index (κ2) is 5.80. The van der Waals surface area contributed by atoms with Crippen LogP contribution < -0.4 is 4.74 Å². The number of carboxylic acid groups (broad SMARTS) is 1. The third-order valence-corrected chi connectivity index (χ3v) is 3.24. The summed E-state index contributed by atoms with van der Waals surface area (Å²) in [5.41, 5.74) is 1.24. The normalized spacial score (nSPS) is 10.5. The van der Waals surface area contributed by atoms with Crippen LogP contribution in [-0.4, -0.2) is 23.4 Å². The molecule has 0 atom stereocenters. The predicted molar refractivity (Wildman–Crippen MR) is 66.4 cm³/mol. The van der Waals surface area contributed by atoms with Crippen LogP contribution in [0.5, 0.6) is 5.75 Å². The first-order valence-electron chi connectivity index (χ1n) is 5.06. The van der Waals surface area contributed by atoms with Crippen molar-refractivity contribution in [3.05, 3.63) is 29.3 Å². The largest absolute Gasteiger partial charge is 0.496 e. The molecule has 1 rings (SSSR count). The molecular formula is C12H16O3S. The number of carbonyl (C=O) groups is 1. The fourth-order valence-corrected chi connectivity index (χ4v) is 2.02. The molecule has 1 aromatic rings. The number of ether oxygens (including phenoxy) is 1. The van der Waals surface area contributed by atoms with Crippen LogP contribution in [0.1, 0.15) is 29.8 Å². The van der Waals surface area contributed by atoms with Crippen molar-refractivity contribution in [3.8, 4) is 5.75 Å². The zero-order chi connectivity index (χ0) is 12.1. The van der Waals surface area contributed by atoms with Gasteiger partial charge in [-0.1, -0.05) is 13.8 Å². The highest BCUT2D eigenvalue weighted by molar-refractivity contribution is 7.99. The average Bonchev–Trinajstić information content (AvgIpc) is 2.25. The minimum atomic E-state index is -0.904. The highest BCUT2D eigenvalue weighted by Gasteiger charge is 2.09. The van der Waals surface area contributed by atoms with Gasteiger partial charge in [0.05, 0.1) is 12.7 Å². The van der Waals surface area contributed by atoms with Gasteiger partial charge in [-0.05, 0) is 23.4 Å². The molecule has 0 saturated heterocycles. The maximum absolute atomic E-state index is 10.8. The smallest absolute Gasteiger partial charge is 0.335 e. The van der Waals surface area contributed by atoms with Crippen molar-refractivity contribution in [2.24, 2.45) is 0 Å². The Balaban J connectivity index is 2.93. The lowest BCUT2D eigenvalue weighted by Crippen LogP contribution is -2.00. The van der Waals surface area contributed by atoms with Crippen LogP contribution in [-0.2, 0) is 5.75 Å². The summed E-state index contributed by atoms with van der Waals surface area (Å²) in [6.45, 7) is 4.22. The fraction of sp³-hybridized carbons (Fsp3) is 0.417. The molecule has 4 heteroatoms. The van der Waals surface area contributed by atoms with Gasteiger partial charge in [-0.15, -0.1) is 0 Å². The first-order valence-corrected chi connectivity index (χ1v) is 6.11. The van der Waals surface area contributed by atoms with Gasteiger partial charge in [0.15, 0.2) is 0 Å². The summed E-state index contributed by atoms with van der Waals surface area (Å²) >= 11 is 1.76. The molecule has 0 amide bonds. The lowest BCUT2D eigenvalue weighted by molar-refractivity contribution is 0.0696. The molecule has 0 fully saturated rings. The number of carboxylic acids is 1. The molecule has 0 unspecified atom stereocenters. The highest BCUT2D eigenvalue weighted by Crippen LogP contribution is 2.26. The Morgan fingerprint density at radius 2 is 2.19 bits per heavy atom. The molecule has 0 bridgehead atoms. The molecule has 1 N–H and O–H groups in total. The molecule has 0 saturated carbocycles. The van der Waals surface area contributed by atoms with Crippen molar-refractivity contribution in [2.75, 3.05) is 7.11 Å². The molecule has 0 aliphatic carbocycles. The van der Waals surface area contributed by atoms with Gasteiger partial charge in [0, 0.05) is 11.3 Å². The van der Waals surface area contributed by atoms with E-state index in [-0.39, 0.29) is 0 Å². The van der Waals surface area contributed by atoms with Crippen molar-refractivity contribution in [2.45, 2.75) is 24.9 Å². The van der Waals surface area contributed by atoms with Crippen LogP contribution in [0.2, 0.25) is 0 Å². The van der Waals surface area contributed by atoms with E-state index in [1.165, 1.54) is 0 Å². The lowest BCUT2D eigenvalue weighted by Gasteiger charge is -2.10. The molecule has 16 heavy (non-hydrogen) atoms. The van der Waals surface area contributed by atoms with Crippen LogP contribution in [0, 0.1) is 0 Å². The minimum absolute atomic E-state index is 0.306. The Morgan fingerprint density at radius 1 is 1.50 bits per heavy atom. The van der Waals surface area contributed by atoms with Crippen LogP contribution in [0.15, 0.2) is 18.2 Å². The molecule has 3 nitrogen and oxygen atoms in total. The van der Waals surface area contributed by atoms with E-state index in [1.807, 2.05) is 0 Å². The van der Waals surface area contributed by atoms with Gasteiger partial charge in [0.2, 0.25) is 0 Å². The van der Waals surface area contributed by atoms with Crippen molar-refractivity contribution in [3.63, 3.8) is 0 Å². The average molecular weight is 240 g/mol. The number of hydrogen-bond acceptors (Lipinski definition) is 3. The Kier molecular flexibility index (Phi) is 4.68. The van der Waals surface area contributed by atoms with Gasteiger partial charge in [-0.25, -0.2) is 4.79 Å². The number of benzene rings is 1. The van der Waals surface area contributed by atoms with E-state index in [0.29, 0.717) is 10.8 Å². The molecule has 0 aliphatic rings. The zero-order valence-electron chi connectivity index (χ0n) is 9.69. The summed E-state index contributed by atoms with van der Waals surface area (Å²) in [5.74, 6) is 0.610. The van der Waals surface area contributed by atoms with E-state index in [2.05, 4.69) is 13.8 Å². The second-order valence-electron chi connectivity index (χ2n) is 3.69. The summed E-state index contributed by atoms with van der Waals surface area (Å²) in [7, 11) is 1.60. The van der Waals surface area contributed by atoms with E-state index in [9.17, 15) is 4.79 Å². The van der Waals surface area contributed by atoms with E-state index in [1.54, 1.807) is 37.1 Å². The van der Waals surface area contributed by atoms with Crippen LogP contribution in [0.4, 0.5) is 0 Å². The Bertz CT molecular complexity index is 375. The van der Waals surface area contributed by atoms with Crippen LogP contribution in [0.3, 0.4) is 0 Å². The van der Waals surface area contributed by atoms with E-state index in [0.717, 1.165) is 17.1 Å². The maximum atomic E-state index is 10.8. The Morgan fingerprint density at radius 3 is 2.69 bits per heavy atom. The molecule has 0 heterocycles.